The molecular formula is C23H24O10. The van der Waals surface area contributed by atoms with Crippen LogP contribution in [-0.4, -0.2) is 75.7 Å². The van der Waals surface area contributed by atoms with E-state index in [-0.39, 0.29) is 22.3 Å². The third kappa shape index (κ3) is 2.61. The van der Waals surface area contributed by atoms with Crippen LogP contribution in [0.2, 0.25) is 0 Å². The summed E-state index contributed by atoms with van der Waals surface area (Å²) in [6, 6.07) is 0. The fraction of sp³-hybridized carbons (Fsp3) is 0.478. The van der Waals surface area contributed by atoms with Gasteiger partial charge in [-0.15, -0.1) is 0 Å². The van der Waals surface area contributed by atoms with Gasteiger partial charge in [0.15, 0.2) is 0 Å². The van der Waals surface area contributed by atoms with Gasteiger partial charge >= 0.3 is 23.9 Å². The zero-order valence-electron chi connectivity index (χ0n) is 19.0. The van der Waals surface area contributed by atoms with E-state index >= 15 is 0 Å². The molecule has 0 aromatic heterocycles. The van der Waals surface area contributed by atoms with Crippen LogP contribution in [0.25, 0.3) is 0 Å². The first kappa shape index (κ1) is 22.9. The molecule has 0 radical (unpaired) electrons. The Bertz CT molecular complexity index is 1010. The van der Waals surface area contributed by atoms with Crippen molar-refractivity contribution in [2.24, 2.45) is 5.41 Å². The number of methoxy groups -OCH3 is 4. The molecule has 0 aliphatic carbocycles. The number of carbonyl (C=O) groups is 4. The molecule has 10 heteroatoms. The lowest BCUT2D eigenvalue weighted by Crippen LogP contribution is -2.60. The standard InChI is InChI=1S/C23H24O10/c1-21(2,22-9-7-11(32-22)13(17(24)28-3)15(22)19(26)30-5)23-10-8-12(33-23)14(18(25)29-4)16(23)20(27)31-6/h7-12H,1-6H3/t11-,12?,22?,23?/m0/s1. The quantitative estimate of drug-likeness (QED) is 0.318. The van der Waals surface area contributed by atoms with Crippen molar-refractivity contribution < 1.29 is 47.6 Å². The minimum Gasteiger partial charge on any atom is -0.466 e. The van der Waals surface area contributed by atoms with Gasteiger partial charge in [-0.05, 0) is 12.2 Å². The van der Waals surface area contributed by atoms with Gasteiger partial charge in [0.05, 0.1) is 50.7 Å². The van der Waals surface area contributed by atoms with E-state index in [4.69, 9.17) is 28.4 Å². The van der Waals surface area contributed by atoms with Gasteiger partial charge in [-0.1, -0.05) is 26.0 Å². The molecule has 4 rings (SSSR count). The number of hydrogen-bond donors (Lipinski definition) is 0. The monoisotopic (exact) mass is 460 g/mol. The van der Waals surface area contributed by atoms with Crippen LogP contribution in [0.1, 0.15) is 13.8 Å². The maximum Gasteiger partial charge on any atom is 0.337 e. The lowest BCUT2D eigenvalue weighted by Gasteiger charge is -2.50. The number of carbonyl (C=O) groups excluding carboxylic acids is 4. The van der Waals surface area contributed by atoms with E-state index < -0.39 is 52.7 Å². The fourth-order valence-corrected chi connectivity index (χ4v) is 5.28. The molecule has 10 nitrogen and oxygen atoms in total. The molecule has 4 aliphatic heterocycles. The van der Waals surface area contributed by atoms with E-state index in [1.807, 2.05) is 0 Å². The first-order valence-electron chi connectivity index (χ1n) is 10.1. The summed E-state index contributed by atoms with van der Waals surface area (Å²) in [5.41, 5.74) is -4.50. The summed E-state index contributed by atoms with van der Waals surface area (Å²) in [4.78, 5) is 51.1. The lowest BCUT2D eigenvalue weighted by atomic mass is 9.57. The van der Waals surface area contributed by atoms with E-state index in [9.17, 15) is 19.2 Å². The van der Waals surface area contributed by atoms with E-state index in [0.717, 1.165) is 0 Å². The molecule has 0 fully saturated rings. The zero-order valence-corrected chi connectivity index (χ0v) is 19.0. The Morgan fingerprint density at radius 3 is 1.33 bits per heavy atom. The van der Waals surface area contributed by atoms with Crippen molar-refractivity contribution in [3.05, 3.63) is 46.6 Å². The topological polar surface area (TPSA) is 124 Å². The summed E-state index contributed by atoms with van der Waals surface area (Å²) in [5, 5.41) is 0. The third-order valence-corrected chi connectivity index (χ3v) is 6.93. The van der Waals surface area contributed by atoms with Crippen molar-refractivity contribution in [1.29, 1.82) is 0 Å². The molecule has 0 saturated carbocycles. The molecule has 0 saturated heterocycles. The molecule has 0 amide bonds. The molecule has 4 bridgehead atoms. The molecular weight excluding hydrogens is 436 g/mol. The minimum absolute atomic E-state index is 0.00429. The van der Waals surface area contributed by atoms with Crippen LogP contribution in [0.3, 0.4) is 0 Å². The van der Waals surface area contributed by atoms with Gasteiger partial charge < -0.3 is 28.4 Å². The van der Waals surface area contributed by atoms with Crippen molar-refractivity contribution in [3.63, 3.8) is 0 Å². The Morgan fingerprint density at radius 2 is 1.03 bits per heavy atom. The Kier molecular flexibility index (Phi) is 5.14. The molecule has 0 aromatic carbocycles. The van der Waals surface area contributed by atoms with Crippen molar-refractivity contribution in [2.75, 3.05) is 28.4 Å². The average Bonchev–Trinajstić information content (AvgIpc) is 3.59. The smallest absolute Gasteiger partial charge is 0.337 e. The summed E-state index contributed by atoms with van der Waals surface area (Å²) in [5.74, 6) is -3.07. The molecule has 3 unspecified atom stereocenters. The van der Waals surface area contributed by atoms with Crippen LogP contribution < -0.4 is 0 Å². The van der Waals surface area contributed by atoms with Crippen LogP contribution >= 0.6 is 0 Å². The summed E-state index contributed by atoms with van der Waals surface area (Å²) in [7, 11) is 4.76. The zero-order chi connectivity index (χ0) is 24.3. The van der Waals surface area contributed by atoms with Gasteiger partial charge in [-0.25, -0.2) is 19.2 Å². The van der Waals surface area contributed by atoms with E-state index in [1.54, 1.807) is 38.2 Å². The molecule has 33 heavy (non-hydrogen) atoms. The fourth-order valence-electron chi connectivity index (χ4n) is 5.28. The van der Waals surface area contributed by atoms with E-state index in [0.29, 0.717) is 0 Å². The van der Waals surface area contributed by atoms with Gasteiger partial charge in [0.2, 0.25) is 0 Å². The Hall–Kier alpha value is -3.24. The van der Waals surface area contributed by atoms with Crippen molar-refractivity contribution in [2.45, 2.75) is 37.3 Å². The number of rotatable bonds is 6. The van der Waals surface area contributed by atoms with Gasteiger partial charge in [0.25, 0.3) is 0 Å². The summed E-state index contributed by atoms with van der Waals surface area (Å²) in [6.07, 6.45) is 4.81. The SMILES string of the molecule is COC(=O)C1=C(C(=O)OC)C2(C(C)(C)C34C=C[C@H](O3)C(C(=O)OC)=C4C(=O)OC)C=CC1O2. The van der Waals surface area contributed by atoms with Crippen molar-refractivity contribution >= 4 is 23.9 Å². The van der Waals surface area contributed by atoms with Crippen LogP contribution in [0.4, 0.5) is 0 Å². The highest BCUT2D eigenvalue weighted by Gasteiger charge is 2.72. The Balaban J connectivity index is 1.98. The second-order valence-corrected chi connectivity index (χ2v) is 8.44. The van der Waals surface area contributed by atoms with Crippen LogP contribution in [-0.2, 0) is 47.6 Å². The maximum atomic E-state index is 13.0. The summed E-state index contributed by atoms with van der Waals surface area (Å²) >= 11 is 0. The Morgan fingerprint density at radius 1 is 0.697 bits per heavy atom. The van der Waals surface area contributed by atoms with E-state index in [1.165, 1.54) is 28.4 Å². The second-order valence-electron chi connectivity index (χ2n) is 8.44. The van der Waals surface area contributed by atoms with Gasteiger partial charge in [-0.2, -0.15) is 0 Å². The van der Waals surface area contributed by atoms with Crippen LogP contribution in [0.15, 0.2) is 46.6 Å². The largest absolute Gasteiger partial charge is 0.466 e. The predicted molar refractivity (Wildman–Crippen MR) is 109 cm³/mol. The Labute approximate surface area is 189 Å². The van der Waals surface area contributed by atoms with Crippen molar-refractivity contribution in [1.82, 2.24) is 0 Å². The molecule has 4 heterocycles. The third-order valence-electron chi connectivity index (χ3n) is 6.93. The predicted octanol–water partition coefficient (Wildman–Crippen LogP) is 0.713. The van der Waals surface area contributed by atoms with Gasteiger partial charge in [-0.3, -0.25) is 0 Å². The van der Waals surface area contributed by atoms with Crippen molar-refractivity contribution in [3.8, 4) is 0 Å². The highest BCUT2D eigenvalue weighted by molar-refractivity contribution is 6.07. The molecule has 176 valence electrons. The van der Waals surface area contributed by atoms with Gasteiger partial charge in [0.1, 0.15) is 23.4 Å². The normalized spacial score (nSPS) is 31.3. The first-order chi connectivity index (χ1) is 15.6. The molecule has 4 atom stereocenters. The number of fused-ring (bicyclic) bond motifs is 4. The second kappa shape index (κ2) is 7.39. The van der Waals surface area contributed by atoms with E-state index in [2.05, 4.69) is 0 Å². The van der Waals surface area contributed by atoms with Crippen LogP contribution in [0, 0.1) is 5.41 Å². The number of ether oxygens (including phenoxy) is 6. The average molecular weight is 460 g/mol. The van der Waals surface area contributed by atoms with Gasteiger partial charge in [0, 0.05) is 5.41 Å². The number of hydrogen-bond acceptors (Lipinski definition) is 10. The summed E-state index contributed by atoms with van der Waals surface area (Å²) < 4.78 is 32.2. The highest BCUT2D eigenvalue weighted by atomic mass is 16.6. The minimum atomic E-state index is -1.56. The molecule has 4 aliphatic rings. The number of esters is 4. The molecule has 0 aromatic rings. The maximum absolute atomic E-state index is 13.0. The lowest BCUT2D eigenvalue weighted by molar-refractivity contribution is -0.156. The molecule has 0 N–H and O–H groups in total. The summed E-state index contributed by atoms with van der Waals surface area (Å²) in [6.45, 7) is 3.41. The molecule has 0 spiro atoms. The highest BCUT2D eigenvalue weighted by Crippen LogP contribution is 2.63. The van der Waals surface area contributed by atoms with Crippen LogP contribution in [0.5, 0.6) is 0 Å². The first-order valence-corrected chi connectivity index (χ1v) is 10.1.